The van der Waals surface area contributed by atoms with Crippen LogP contribution in [-0.2, 0) is 0 Å². The third kappa shape index (κ3) is 2.91. The van der Waals surface area contributed by atoms with E-state index in [2.05, 4.69) is 10.2 Å². The highest BCUT2D eigenvalue weighted by atomic mass is 35.5. The lowest BCUT2D eigenvalue weighted by Gasteiger charge is -2.09. The SMILES string of the molecule is CSc1cc(-c2cc(C(=O)O)[nH]n2)cc(Cl)c1SC. The standard InChI is InChI=1S/C12H11ClN2O2S2/c1-18-10-4-6(3-7(13)11(10)19-2)8-5-9(12(16)17)15-14-8/h3-5H,1-2H3,(H,14,15)(H,16,17). The van der Waals surface area contributed by atoms with Crippen LogP contribution in [0.25, 0.3) is 11.3 Å². The molecule has 1 aromatic carbocycles. The monoisotopic (exact) mass is 314 g/mol. The van der Waals surface area contributed by atoms with E-state index in [4.69, 9.17) is 16.7 Å². The molecule has 0 fully saturated rings. The number of carboxylic acid groups (broad SMARTS) is 1. The zero-order valence-corrected chi connectivity index (χ0v) is 12.6. The number of H-pyrrole nitrogens is 1. The van der Waals surface area contributed by atoms with Crippen molar-refractivity contribution in [1.82, 2.24) is 10.2 Å². The van der Waals surface area contributed by atoms with Gasteiger partial charge < -0.3 is 5.11 Å². The predicted octanol–water partition coefficient (Wildman–Crippen LogP) is 3.87. The van der Waals surface area contributed by atoms with Gasteiger partial charge in [-0.15, -0.1) is 23.5 Å². The Bertz CT molecular complexity index is 628. The van der Waals surface area contributed by atoms with Gasteiger partial charge in [0.1, 0.15) is 5.69 Å². The lowest BCUT2D eigenvalue weighted by Crippen LogP contribution is -1.95. The first-order valence-electron chi connectivity index (χ1n) is 5.27. The van der Waals surface area contributed by atoms with Crippen LogP contribution >= 0.6 is 35.1 Å². The van der Waals surface area contributed by atoms with Crippen molar-refractivity contribution in [2.75, 3.05) is 12.5 Å². The van der Waals surface area contributed by atoms with E-state index in [1.807, 2.05) is 18.6 Å². The zero-order valence-electron chi connectivity index (χ0n) is 10.2. The molecule has 19 heavy (non-hydrogen) atoms. The minimum atomic E-state index is -1.03. The van der Waals surface area contributed by atoms with Crippen molar-refractivity contribution >= 4 is 41.1 Å². The number of rotatable bonds is 4. The van der Waals surface area contributed by atoms with Crippen molar-refractivity contribution in [3.63, 3.8) is 0 Å². The van der Waals surface area contributed by atoms with Gasteiger partial charge in [-0.1, -0.05) is 11.6 Å². The maximum absolute atomic E-state index is 10.8. The topological polar surface area (TPSA) is 66.0 Å². The quantitative estimate of drug-likeness (QED) is 0.839. The molecule has 0 saturated heterocycles. The molecular formula is C12H11ClN2O2S2. The molecule has 0 saturated carbocycles. The van der Waals surface area contributed by atoms with Gasteiger partial charge in [-0.3, -0.25) is 5.10 Å². The van der Waals surface area contributed by atoms with Crippen LogP contribution in [0, 0.1) is 0 Å². The number of aromatic nitrogens is 2. The van der Waals surface area contributed by atoms with Gasteiger partial charge in [-0.05, 0) is 30.7 Å². The summed E-state index contributed by atoms with van der Waals surface area (Å²) in [6.45, 7) is 0. The number of nitrogens with one attached hydrogen (secondary N) is 1. The average Bonchev–Trinajstić information content (AvgIpc) is 2.87. The van der Waals surface area contributed by atoms with Gasteiger partial charge in [0.15, 0.2) is 0 Å². The fraction of sp³-hybridized carbons (Fsp3) is 0.167. The molecule has 0 unspecified atom stereocenters. The maximum atomic E-state index is 10.8. The van der Waals surface area contributed by atoms with Gasteiger partial charge in [-0.2, -0.15) is 5.10 Å². The molecule has 1 heterocycles. The second-order valence-electron chi connectivity index (χ2n) is 3.67. The Morgan fingerprint density at radius 2 is 2.05 bits per heavy atom. The summed E-state index contributed by atoms with van der Waals surface area (Å²) in [5.74, 6) is -1.03. The first-order chi connectivity index (χ1) is 9.06. The first-order valence-corrected chi connectivity index (χ1v) is 8.10. The molecule has 0 bridgehead atoms. The van der Waals surface area contributed by atoms with Crippen LogP contribution < -0.4 is 0 Å². The fourth-order valence-electron chi connectivity index (χ4n) is 1.64. The van der Waals surface area contributed by atoms with E-state index < -0.39 is 5.97 Å². The van der Waals surface area contributed by atoms with Crippen LogP contribution in [0.5, 0.6) is 0 Å². The van der Waals surface area contributed by atoms with Crippen molar-refractivity contribution in [3.8, 4) is 11.3 Å². The number of nitrogens with zero attached hydrogens (tertiary/aromatic N) is 1. The van der Waals surface area contributed by atoms with E-state index >= 15 is 0 Å². The summed E-state index contributed by atoms with van der Waals surface area (Å²) in [5.41, 5.74) is 1.43. The second kappa shape index (κ2) is 5.90. The number of hydrogen-bond donors (Lipinski definition) is 2. The van der Waals surface area contributed by atoms with E-state index in [-0.39, 0.29) is 5.69 Å². The molecule has 1 aromatic heterocycles. The summed E-state index contributed by atoms with van der Waals surface area (Å²) >= 11 is 9.43. The van der Waals surface area contributed by atoms with E-state index in [0.717, 1.165) is 15.4 Å². The fourth-order valence-corrected chi connectivity index (χ4v) is 3.71. The Morgan fingerprint density at radius 1 is 1.32 bits per heavy atom. The van der Waals surface area contributed by atoms with Crippen LogP contribution in [0.15, 0.2) is 28.0 Å². The molecule has 0 radical (unpaired) electrons. The molecule has 7 heteroatoms. The van der Waals surface area contributed by atoms with Crippen LogP contribution in [0.2, 0.25) is 5.02 Å². The summed E-state index contributed by atoms with van der Waals surface area (Å²) in [5, 5.41) is 16.0. The number of aromatic carboxylic acids is 1. The van der Waals surface area contributed by atoms with Crippen molar-refractivity contribution in [2.45, 2.75) is 9.79 Å². The third-order valence-corrected chi connectivity index (χ3v) is 4.69. The third-order valence-electron chi connectivity index (χ3n) is 2.54. The van der Waals surface area contributed by atoms with E-state index in [9.17, 15) is 4.79 Å². The van der Waals surface area contributed by atoms with Crippen molar-refractivity contribution < 1.29 is 9.90 Å². The second-order valence-corrected chi connectivity index (χ2v) is 5.74. The van der Waals surface area contributed by atoms with E-state index in [1.54, 1.807) is 29.6 Å². The number of hydrogen-bond acceptors (Lipinski definition) is 4. The van der Waals surface area contributed by atoms with Crippen LogP contribution in [-0.4, -0.2) is 33.8 Å². The highest BCUT2D eigenvalue weighted by Crippen LogP contribution is 2.38. The van der Waals surface area contributed by atoms with Gasteiger partial charge >= 0.3 is 5.97 Å². The van der Waals surface area contributed by atoms with Crippen LogP contribution in [0.4, 0.5) is 0 Å². The van der Waals surface area contributed by atoms with Crippen molar-refractivity contribution in [1.29, 1.82) is 0 Å². The molecule has 2 N–H and O–H groups in total. The van der Waals surface area contributed by atoms with E-state index in [0.29, 0.717) is 10.7 Å². The summed E-state index contributed by atoms with van der Waals surface area (Å²) in [4.78, 5) is 12.9. The minimum Gasteiger partial charge on any atom is -0.477 e. The van der Waals surface area contributed by atoms with Crippen molar-refractivity contribution in [3.05, 3.63) is 28.9 Å². The van der Waals surface area contributed by atoms with Gasteiger partial charge in [0, 0.05) is 15.4 Å². The highest BCUT2D eigenvalue weighted by molar-refractivity contribution is 8.01. The molecular weight excluding hydrogens is 304 g/mol. The number of carbonyl (C=O) groups is 1. The number of thioether (sulfide) groups is 2. The molecule has 0 aliphatic carbocycles. The normalized spacial score (nSPS) is 10.7. The average molecular weight is 315 g/mol. The lowest BCUT2D eigenvalue weighted by atomic mass is 10.1. The molecule has 0 spiro atoms. The number of aromatic amines is 1. The molecule has 2 aromatic rings. The maximum Gasteiger partial charge on any atom is 0.353 e. The Hall–Kier alpha value is -1.11. The summed E-state index contributed by atoms with van der Waals surface area (Å²) in [6, 6.07) is 5.26. The van der Waals surface area contributed by atoms with Gasteiger partial charge in [-0.25, -0.2) is 4.79 Å². The molecule has 0 aliphatic rings. The predicted molar refractivity (Wildman–Crippen MR) is 79.6 cm³/mol. The lowest BCUT2D eigenvalue weighted by molar-refractivity contribution is 0.0690. The molecule has 100 valence electrons. The zero-order chi connectivity index (χ0) is 14.0. The Kier molecular flexibility index (Phi) is 4.44. The summed E-state index contributed by atoms with van der Waals surface area (Å²) < 4.78 is 0. The van der Waals surface area contributed by atoms with Crippen LogP contribution in [0.1, 0.15) is 10.5 Å². The van der Waals surface area contributed by atoms with E-state index in [1.165, 1.54) is 6.07 Å². The van der Waals surface area contributed by atoms with Crippen molar-refractivity contribution in [2.24, 2.45) is 0 Å². The molecule has 4 nitrogen and oxygen atoms in total. The van der Waals surface area contributed by atoms with Gasteiger partial charge in [0.05, 0.1) is 10.7 Å². The molecule has 0 amide bonds. The minimum absolute atomic E-state index is 0.0609. The number of halogens is 1. The summed E-state index contributed by atoms with van der Waals surface area (Å²) in [7, 11) is 0. The Labute approximate surface area is 123 Å². The van der Waals surface area contributed by atoms with Gasteiger partial charge in [0.25, 0.3) is 0 Å². The molecule has 0 aliphatic heterocycles. The molecule has 2 rings (SSSR count). The first kappa shape index (κ1) is 14.3. The smallest absolute Gasteiger partial charge is 0.353 e. The molecule has 0 atom stereocenters. The number of benzene rings is 1. The highest BCUT2D eigenvalue weighted by Gasteiger charge is 2.13. The Morgan fingerprint density at radius 3 is 2.58 bits per heavy atom. The largest absolute Gasteiger partial charge is 0.477 e. The summed E-state index contributed by atoms with van der Waals surface area (Å²) in [6.07, 6.45) is 3.94. The van der Waals surface area contributed by atoms with Gasteiger partial charge in [0.2, 0.25) is 0 Å². The number of carboxylic acids is 1. The van der Waals surface area contributed by atoms with Crippen LogP contribution in [0.3, 0.4) is 0 Å². The Balaban J connectivity index is 2.50.